The van der Waals surface area contributed by atoms with Gasteiger partial charge >= 0.3 is 229 Å². The van der Waals surface area contributed by atoms with Crippen molar-refractivity contribution < 1.29 is 28.7 Å². The van der Waals surface area contributed by atoms with Gasteiger partial charge in [-0.3, -0.25) is 0 Å². The number of nitrogens with one attached hydrogen (secondary N) is 2. The maximum atomic E-state index is 12.5. The first kappa shape index (κ1) is 40.9. The van der Waals surface area contributed by atoms with Gasteiger partial charge < -0.3 is 0 Å². The quantitative estimate of drug-likeness (QED) is 0.0532. The van der Waals surface area contributed by atoms with Crippen molar-refractivity contribution in [1.29, 1.82) is 0 Å². The Labute approximate surface area is 267 Å². The number of ether oxygens (including phenoxy) is 2. The summed E-state index contributed by atoms with van der Waals surface area (Å²) in [5.74, 6) is -1.11. The van der Waals surface area contributed by atoms with Crippen LogP contribution in [-0.4, -0.2) is 76.3 Å². The molecule has 0 aromatic carbocycles. The van der Waals surface area contributed by atoms with Crippen LogP contribution in [0.1, 0.15) is 142 Å². The third kappa shape index (κ3) is 24.4. The molecule has 0 aromatic rings. The zero-order valence-electron chi connectivity index (χ0n) is 27.0. The van der Waals surface area contributed by atoms with E-state index in [4.69, 9.17) is 9.47 Å². The summed E-state index contributed by atoms with van der Waals surface area (Å²) in [6, 6.07) is -1.33. The Kier molecular flexibility index (Phi) is 29.2. The van der Waals surface area contributed by atoms with Crippen molar-refractivity contribution in [2.45, 2.75) is 165 Å². The molecule has 10 heteroatoms. The van der Waals surface area contributed by atoms with E-state index in [2.05, 4.69) is 24.5 Å². The number of amides is 2. The fraction of sp³-hybridized carbons (Fsp3) is 0.875. The van der Waals surface area contributed by atoms with Crippen molar-refractivity contribution in [3.05, 3.63) is 0 Å². The Morgan fingerprint density at radius 2 is 0.786 bits per heavy atom. The second-order valence-electron chi connectivity index (χ2n) is 11.0. The molecule has 0 heterocycles. The third-order valence-electron chi connectivity index (χ3n) is 7.21. The summed E-state index contributed by atoms with van der Waals surface area (Å²) in [5, 5.41) is 6.70. The SMILES string of the molecule is CCCCCCCCCCCC(=O)N[C@@H](C[Se][Se]C[C@H](NC(=O)CCCCCCCCCCC)C(=O)OC)C(=O)OC. The molecule has 2 N–H and O–H groups in total. The zero-order chi connectivity index (χ0) is 31.3. The molecule has 0 saturated carbocycles. The second-order valence-corrected chi connectivity index (χ2v) is 18.5. The summed E-state index contributed by atoms with van der Waals surface area (Å²) < 4.78 is 9.83. The summed E-state index contributed by atoms with van der Waals surface area (Å²) in [5.41, 5.74) is 0. The molecule has 0 saturated heterocycles. The summed E-state index contributed by atoms with van der Waals surface area (Å²) in [6.45, 7) is 4.44. The number of hydrogen-bond acceptors (Lipinski definition) is 6. The third-order valence-corrected chi connectivity index (χ3v) is 14.3. The van der Waals surface area contributed by atoms with Crippen LogP contribution in [0, 0.1) is 0 Å². The van der Waals surface area contributed by atoms with E-state index in [0.29, 0.717) is 23.5 Å². The number of esters is 2. The van der Waals surface area contributed by atoms with Crippen LogP contribution in [-0.2, 0) is 28.7 Å². The summed E-state index contributed by atoms with van der Waals surface area (Å²) >= 11 is 0.0656. The second kappa shape index (κ2) is 30.0. The van der Waals surface area contributed by atoms with E-state index in [1.165, 1.54) is 91.3 Å². The molecule has 0 aliphatic carbocycles. The van der Waals surface area contributed by atoms with Crippen LogP contribution in [0.3, 0.4) is 0 Å². The summed E-state index contributed by atoms with van der Waals surface area (Å²) in [6.07, 6.45) is 22.1. The van der Waals surface area contributed by atoms with Gasteiger partial charge in [0.15, 0.2) is 0 Å². The minimum atomic E-state index is -0.666. The number of hydrogen-bond donors (Lipinski definition) is 2. The molecule has 0 aliphatic heterocycles. The van der Waals surface area contributed by atoms with Gasteiger partial charge in [-0.15, -0.1) is 0 Å². The fourth-order valence-corrected chi connectivity index (χ4v) is 11.5. The van der Waals surface area contributed by atoms with Crippen LogP contribution in [0.25, 0.3) is 0 Å². The van der Waals surface area contributed by atoms with E-state index >= 15 is 0 Å². The van der Waals surface area contributed by atoms with Gasteiger partial charge in [-0.25, -0.2) is 0 Å². The average molecular weight is 727 g/mol. The van der Waals surface area contributed by atoms with Gasteiger partial charge in [0.1, 0.15) is 0 Å². The Morgan fingerprint density at radius 1 is 0.500 bits per heavy atom. The number of unbranched alkanes of at least 4 members (excludes halogenated alkanes) is 16. The van der Waals surface area contributed by atoms with E-state index in [1.54, 1.807) is 0 Å². The van der Waals surface area contributed by atoms with Crippen molar-refractivity contribution in [2.75, 3.05) is 14.2 Å². The van der Waals surface area contributed by atoms with E-state index in [9.17, 15) is 19.2 Å². The van der Waals surface area contributed by atoms with E-state index in [1.807, 2.05) is 0 Å². The molecule has 2 amide bonds. The van der Waals surface area contributed by atoms with Crippen molar-refractivity contribution in [3.8, 4) is 0 Å². The molecule has 42 heavy (non-hydrogen) atoms. The first-order chi connectivity index (χ1) is 20.4. The van der Waals surface area contributed by atoms with Crippen molar-refractivity contribution in [3.63, 3.8) is 0 Å². The molecular weight excluding hydrogens is 666 g/mol. The number of methoxy groups -OCH3 is 2. The van der Waals surface area contributed by atoms with Crippen molar-refractivity contribution in [2.24, 2.45) is 0 Å². The molecule has 0 aromatic heterocycles. The van der Waals surface area contributed by atoms with E-state index in [0.717, 1.165) is 38.5 Å². The van der Waals surface area contributed by atoms with Gasteiger partial charge in [0.05, 0.1) is 0 Å². The standard InChI is InChI=1S/C32H60N2O6Se2/c1-5-7-9-11-13-15-17-19-21-23-29(35)33-27(31(37)39-3)25-41-42-26-28(32(38)40-4)34-30(36)24-22-20-18-16-14-12-10-8-6-2/h27-28H,5-26H2,1-4H3,(H,33,35)(H,34,36)/t27-,28-/m0/s1. The predicted octanol–water partition coefficient (Wildman–Crippen LogP) is 6.30. The van der Waals surface area contributed by atoms with Gasteiger partial charge in [-0.05, 0) is 0 Å². The molecule has 0 unspecified atom stereocenters. The Bertz CT molecular complexity index is 652. The Morgan fingerprint density at radius 3 is 1.07 bits per heavy atom. The molecule has 0 spiro atoms. The molecule has 0 fully saturated rings. The monoisotopic (exact) mass is 728 g/mol. The zero-order valence-corrected chi connectivity index (χ0v) is 30.4. The number of rotatable bonds is 29. The Balaban J connectivity index is 4.29. The van der Waals surface area contributed by atoms with Crippen LogP contribution >= 0.6 is 0 Å². The number of carbonyl (C=O) groups is 4. The van der Waals surface area contributed by atoms with Crippen LogP contribution < -0.4 is 10.6 Å². The van der Waals surface area contributed by atoms with E-state index < -0.39 is 24.0 Å². The van der Waals surface area contributed by atoms with Crippen LogP contribution in [0.2, 0.25) is 10.6 Å². The predicted molar refractivity (Wildman–Crippen MR) is 173 cm³/mol. The molecule has 0 bridgehead atoms. The molecule has 2 atom stereocenters. The van der Waals surface area contributed by atoms with Gasteiger partial charge in [0, 0.05) is 0 Å². The van der Waals surface area contributed by atoms with Crippen LogP contribution in [0.5, 0.6) is 0 Å². The molecule has 0 aliphatic rings. The normalized spacial score (nSPS) is 12.4. The van der Waals surface area contributed by atoms with Crippen molar-refractivity contribution in [1.82, 2.24) is 10.6 Å². The summed E-state index contributed by atoms with van der Waals surface area (Å²) in [7, 11) is 2.66. The number of carbonyl (C=O) groups excluding carboxylic acids is 4. The van der Waals surface area contributed by atoms with Crippen LogP contribution in [0.4, 0.5) is 0 Å². The summed E-state index contributed by atoms with van der Waals surface area (Å²) in [4.78, 5) is 49.5. The average Bonchev–Trinajstić information content (AvgIpc) is 2.99. The topological polar surface area (TPSA) is 111 Å². The van der Waals surface area contributed by atoms with Crippen LogP contribution in [0.15, 0.2) is 0 Å². The fourth-order valence-electron chi connectivity index (χ4n) is 4.58. The molecule has 246 valence electrons. The van der Waals surface area contributed by atoms with Gasteiger partial charge in [-0.1, -0.05) is 39.5 Å². The van der Waals surface area contributed by atoms with E-state index in [-0.39, 0.29) is 38.1 Å². The Hall–Kier alpha value is -1.08. The molecular formula is C32H60N2O6Se2. The van der Waals surface area contributed by atoms with Gasteiger partial charge in [0.25, 0.3) is 0 Å². The minimum absolute atomic E-state index is 0.0328. The maximum absolute atomic E-state index is 12.5. The van der Waals surface area contributed by atoms with Gasteiger partial charge in [-0.2, -0.15) is 0 Å². The molecule has 8 nitrogen and oxygen atoms in total. The molecule has 0 radical (unpaired) electrons. The first-order valence-electron chi connectivity index (χ1n) is 16.4. The van der Waals surface area contributed by atoms with Crippen molar-refractivity contribution >= 4 is 50.0 Å². The first-order valence-corrected chi connectivity index (χ1v) is 23.1. The van der Waals surface area contributed by atoms with Gasteiger partial charge in [0.2, 0.25) is 0 Å². The molecule has 0 rings (SSSR count).